The molecular weight excluding hydrogens is 180 g/mol. The van der Waals surface area contributed by atoms with Crippen LogP contribution in [0.2, 0.25) is 0 Å². The number of nitrogens with zero attached hydrogens (tertiary/aromatic N) is 3. The van der Waals surface area contributed by atoms with Gasteiger partial charge in [0.15, 0.2) is 0 Å². The SMILES string of the molecule is CC(N)c1nnc(-c2ccncc2)o1. The van der Waals surface area contributed by atoms with Crippen molar-refractivity contribution in [2.24, 2.45) is 5.73 Å². The highest BCUT2D eigenvalue weighted by molar-refractivity contribution is 5.50. The van der Waals surface area contributed by atoms with Crippen LogP contribution in [0.3, 0.4) is 0 Å². The van der Waals surface area contributed by atoms with Crippen LogP contribution in [0.4, 0.5) is 0 Å². The summed E-state index contributed by atoms with van der Waals surface area (Å²) in [6.07, 6.45) is 3.34. The summed E-state index contributed by atoms with van der Waals surface area (Å²) >= 11 is 0. The Morgan fingerprint density at radius 1 is 1.29 bits per heavy atom. The highest BCUT2D eigenvalue weighted by Crippen LogP contribution is 2.18. The summed E-state index contributed by atoms with van der Waals surface area (Å²) in [5.74, 6) is 0.913. The Kier molecular flexibility index (Phi) is 2.24. The Labute approximate surface area is 81.0 Å². The highest BCUT2D eigenvalue weighted by Gasteiger charge is 2.10. The molecular formula is C9H10N4O. The molecule has 0 aliphatic rings. The number of hydrogen-bond acceptors (Lipinski definition) is 5. The predicted octanol–water partition coefficient (Wildman–Crippen LogP) is 1.15. The summed E-state index contributed by atoms with van der Waals surface area (Å²) in [5.41, 5.74) is 6.44. The number of rotatable bonds is 2. The number of nitrogens with two attached hydrogens (primary N) is 1. The standard InChI is InChI=1S/C9H10N4O/c1-6(10)8-12-13-9(14-8)7-2-4-11-5-3-7/h2-6H,10H2,1H3. The summed E-state index contributed by atoms with van der Waals surface area (Å²) in [7, 11) is 0. The van der Waals surface area contributed by atoms with Crippen LogP contribution in [0.25, 0.3) is 11.5 Å². The molecule has 0 saturated heterocycles. The molecule has 0 amide bonds. The maximum atomic E-state index is 5.60. The third-order valence-corrected chi connectivity index (χ3v) is 1.76. The van der Waals surface area contributed by atoms with Crippen molar-refractivity contribution in [2.45, 2.75) is 13.0 Å². The second-order valence-electron chi connectivity index (χ2n) is 2.97. The molecule has 2 aromatic rings. The topological polar surface area (TPSA) is 77.8 Å². The molecule has 0 aliphatic carbocycles. The Balaban J connectivity index is 2.34. The molecule has 72 valence electrons. The quantitative estimate of drug-likeness (QED) is 0.768. The van der Waals surface area contributed by atoms with E-state index in [1.165, 1.54) is 0 Å². The molecule has 2 heterocycles. The molecule has 2 rings (SSSR count). The third kappa shape index (κ3) is 1.62. The fourth-order valence-corrected chi connectivity index (χ4v) is 1.03. The van der Waals surface area contributed by atoms with Crippen LogP contribution in [-0.4, -0.2) is 15.2 Å². The Bertz CT molecular complexity index is 410. The van der Waals surface area contributed by atoms with Gasteiger partial charge in [-0.1, -0.05) is 0 Å². The van der Waals surface area contributed by atoms with E-state index >= 15 is 0 Å². The molecule has 2 aromatic heterocycles. The van der Waals surface area contributed by atoms with Gasteiger partial charge < -0.3 is 10.2 Å². The van der Waals surface area contributed by atoms with Crippen LogP contribution in [0, 0.1) is 0 Å². The van der Waals surface area contributed by atoms with E-state index in [-0.39, 0.29) is 6.04 Å². The molecule has 0 spiro atoms. The first-order valence-electron chi connectivity index (χ1n) is 4.27. The Hall–Kier alpha value is -1.75. The van der Waals surface area contributed by atoms with Crippen LogP contribution >= 0.6 is 0 Å². The van der Waals surface area contributed by atoms with Crippen molar-refractivity contribution in [1.82, 2.24) is 15.2 Å². The maximum Gasteiger partial charge on any atom is 0.247 e. The van der Waals surface area contributed by atoms with Gasteiger partial charge in [0.1, 0.15) is 0 Å². The van der Waals surface area contributed by atoms with Gasteiger partial charge in [0.05, 0.1) is 6.04 Å². The Morgan fingerprint density at radius 3 is 2.57 bits per heavy atom. The first-order valence-corrected chi connectivity index (χ1v) is 4.27. The lowest BCUT2D eigenvalue weighted by atomic mass is 10.3. The van der Waals surface area contributed by atoms with Gasteiger partial charge in [0, 0.05) is 18.0 Å². The second-order valence-corrected chi connectivity index (χ2v) is 2.97. The van der Waals surface area contributed by atoms with Crippen LogP contribution in [0.1, 0.15) is 18.9 Å². The molecule has 14 heavy (non-hydrogen) atoms. The van der Waals surface area contributed by atoms with E-state index in [2.05, 4.69) is 15.2 Å². The van der Waals surface area contributed by atoms with Crippen molar-refractivity contribution in [3.05, 3.63) is 30.4 Å². The first-order chi connectivity index (χ1) is 6.77. The van der Waals surface area contributed by atoms with Crippen LogP contribution in [0.15, 0.2) is 28.9 Å². The lowest BCUT2D eigenvalue weighted by molar-refractivity contribution is 0.473. The molecule has 1 atom stereocenters. The van der Waals surface area contributed by atoms with E-state index in [4.69, 9.17) is 10.2 Å². The van der Waals surface area contributed by atoms with Crippen LogP contribution in [0.5, 0.6) is 0 Å². The third-order valence-electron chi connectivity index (χ3n) is 1.76. The van der Waals surface area contributed by atoms with Gasteiger partial charge in [-0.2, -0.15) is 0 Å². The van der Waals surface area contributed by atoms with E-state index in [0.29, 0.717) is 11.8 Å². The molecule has 0 radical (unpaired) electrons. The molecule has 0 saturated carbocycles. The lowest BCUT2D eigenvalue weighted by Crippen LogP contribution is -2.04. The summed E-state index contributed by atoms with van der Waals surface area (Å²) < 4.78 is 5.36. The monoisotopic (exact) mass is 190 g/mol. The summed E-state index contributed by atoms with van der Waals surface area (Å²) in [6, 6.07) is 3.37. The van der Waals surface area contributed by atoms with Gasteiger partial charge in [-0.05, 0) is 19.1 Å². The number of pyridine rings is 1. The summed E-state index contributed by atoms with van der Waals surface area (Å²) in [4.78, 5) is 3.90. The molecule has 2 N–H and O–H groups in total. The fraction of sp³-hybridized carbons (Fsp3) is 0.222. The van der Waals surface area contributed by atoms with Gasteiger partial charge in [-0.15, -0.1) is 10.2 Å². The average Bonchev–Trinajstić information content (AvgIpc) is 2.68. The molecule has 0 aromatic carbocycles. The minimum absolute atomic E-state index is 0.238. The largest absolute Gasteiger partial charge is 0.419 e. The number of aromatic nitrogens is 3. The van der Waals surface area contributed by atoms with Crippen molar-refractivity contribution in [3.8, 4) is 11.5 Å². The minimum Gasteiger partial charge on any atom is -0.419 e. The van der Waals surface area contributed by atoms with Crippen molar-refractivity contribution in [3.63, 3.8) is 0 Å². The van der Waals surface area contributed by atoms with Crippen molar-refractivity contribution < 1.29 is 4.42 Å². The molecule has 5 heteroatoms. The fourth-order valence-electron chi connectivity index (χ4n) is 1.03. The average molecular weight is 190 g/mol. The van der Waals surface area contributed by atoms with Gasteiger partial charge in [0.25, 0.3) is 0 Å². The van der Waals surface area contributed by atoms with Gasteiger partial charge in [-0.3, -0.25) is 4.98 Å². The maximum absolute atomic E-state index is 5.60. The van der Waals surface area contributed by atoms with E-state index in [9.17, 15) is 0 Å². The van der Waals surface area contributed by atoms with Crippen LogP contribution in [-0.2, 0) is 0 Å². The first kappa shape index (κ1) is 8.83. The number of hydrogen-bond donors (Lipinski definition) is 1. The molecule has 0 fully saturated rings. The molecule has 5 nitrogen and oxygen atoms in total. The zero-order chi connectivity index (χ0) is 9.97. The minimum atomic E-state index is -0.238. The molecule has 0 aliphatic heterocycles. The zero-order valence-corrected chi connectivity index (χ0v) is 7.71. The zero-order valence-electron chi connectivity index (χ0n) is 7.71. The summed E-state index contributed by atoms with van der Waals surface area (Å²) in [6.45, 7) is 1.80. The van der Waals surface area contributed by atoms with Crippen molar-refractivity contribution in [1.29, 1.82) is 0 Å². The smallest absolute Gasteiger partial charge is 0.247 e. The van der Waals surface area contributed by atoms with E-state index < -0.39 is 0 Å². The van der Waals surface area contributed by atoms with Gasteiger partial charge in [-0.25, -0.2) is 0 Å². The van der Waals surface area contributed by atoms with E-state index in [0.717, 1.165) is 5.56 Å². The van der Waals surface area contributed by atoms with E-state index in [1.54, 1.807) is 31.5 Å². The summed E-state index contributed by atoms with van der Waals surface area (Å²) in [5, 5.41) is 7.71. The van der Waals surface area contributed by atoms with Gasteiger partial charge in [0.2, 0.25) is 11.8 Å². The van der Waals surface area contributed by atoms with Crippen LogP contribution < -0.4 is 5.73 Å². The van der Waals surface area contributed by atoms with Crippen molar-refractivity contribution in [2.75, 3.05) is 0 Å². The lowest BCUT2D eigenvalue weighted by Gasteiger charge is -1.95. The predicted molar refractivity (Wildman–Crippen MR) is 50.1 cm³/mol. The molecule has 0 bridgehead atoms. The van der Waals surface area contributed by atoms with E-state index in [1.807, 2.05) is 0 Å². The normalized spacial score (nSPS) is 12.7. The molecule has 1 unspecified atom stereocenters. The van der Waals surface area contributed by atoms with Crippen molar-refractivity contribution >= 4 is 0 Å². The second kappa shape index (κ2) is 3.55. The van der Waals surface area contributed by atoms with Gasteiger partial charge >= 0.3 is 0 Å². The Morgan fingerprint density at radius 2 is 2.00 bits per heavy atom. The highest BCUT2D eigenvalue weighted by atomic mass is 16.4.